The summed E-state index contributed by atoms with van der Waals surface area (Å²) >= 11 is 13.8. The third kappa shape index (κ3) is 3.52. The quantitative estimate of drug-likeness (QED) is 0.650. The summed E-state index contributed by atoms with van der Waals surface area (Å²) < 4.78 is 0. The second-order valence-corrected chi connectivity index (χ2v) is 6.56. The van der Waals surface area contributed by atoms with Gasteiger partial charge in [-0.15, -0.1) is 11.3 Å². The largest absolute Gasteiger partial charge is 0.295 e. The molecule has 2 heterocycles. The Kier molecular flexibility index (Phi) is 4.40. The van der Waals surface area contributed by atoms with Crippen LogP contribution in [0.3, 0.4) is 0 Å². The molecule has 3 nitrogen and oxygen atoms in total. The van der Waals surface area contributed by atoms with E-state index in [1.807, 2.05) is 36.7 Å². The molecule has 0 aliphatic rings. The van der Waals surface area contributed by atoms with Crippen molar-refractivity contribution < 1.29 is 0 Å². The van der Waals surface area contributed by atoms with Gasteiger partial charge in [-0.05, 0) is 36.2 Å². The van der Waals surface area contributed by atoms with E-state index in [4.69, 9.17) is 23.2 Å². The van der Waals surface area contributed by atoms with Crippen LogP contribution in [-0.4, -0.2) is 21.9 Å². The molecule has 0 fully saturated rings. The van der Waals surface area contributed by atoms with Crippen LogP contribution in [0, 0.1) is 0 Å². The average molecular weight is 338 g/mol. The molecule has 3 rings (SSSR count). The fourth-order valence-electron chi connectivity index (χ4n) is 2.18. The van der Waals surface area contributed by atoms with Crippen molar-refractivity contribution in [2.45, 2.75) is 13.1 Å². The van der Waals surface area contributed by atoms with E-state index in [0.29, 0.717) is 11.7 Å². The summed E-state index contributed by atoms with van der Waals surface area (Å²) in [6.07, 6.45) is 0. The average Bonchev–Trinajstić information content (AvgIpc) is 2.87. The van der Waals surface area contributed by atoms with Crippen LogP contribution in [-0.2, 0) is 13.1 Å². The lowest BCUT2D eigenvalue weighted by atomic mass is 10.2. The molecule has 0 saturated carbocycles. The lowest BCUT2D eigenvalue weighted by Gasteiger charge is -2.16. The molecule has 0 N–H and O–H groups in total. The van der Waals surface area contributed by atoms with Gasteiger partial charge in [0.15, 0.2) is 0 Å². The molecular formula is C15H13Cl2N3S. The van der Waals surface area contributed by atoms with Crippen LogP contribution in [0.2, 0.25) is 10.2 Å². The minimum atomic E-state index is 0.521. The normalized spacial score (nSPS) is 11.4. The summed E-state index contributed by atoms with van der Waals surface area (Å²) in [6.45, 7) is 1.42. The summed E-state index contributed by atoms with van der Waals surface area (Å²) in [5, 5.41) is 4.17. The van der Waals surface area contributed by atoms with Crippen molar-refractivity contribution in [1.29, 1.82) is 0 Å². The monoisotopic (exact) mass is 337 g/mol. The highest BCUT2D eigenvalue weighted by molar-refractivity contribution is 7.16. The SMILES string of the molecule is CN(Cc1cccc(Cl)c1)Cc1nc(Cl)c2ccsc2n1. The van der Waals surface area contributed by atoms with Gasteiger partial charge in [0, 0.05) is 17.0 Å². The Hall–Kier alpha value is -1.20. The van der Waals surface area contributed by atoms with E-state index >= 15 is 0 Å². The molecule has 0 atom stereocenters. The first kappa shape index (κ1) is 14.7. The summed E-state index contributed by atoms with van der Waals surface area (Å²) in [5.74, 6) is 0.736. The van der Waals surface area contributed by atoms with E-state index in [0.717, 1.165) is 33.2 Å². The fourth-order valence-corrected chi connectivity index (χ4v) is 3.48. The maximum atomic E-state index is 6.19. The molecule has 0 radical (unpaired) electrons. The number of hydrogen-bond acceptors (Lipinski definition) is 4. The van der Waals surface area contributed by atoms with Gasteiger partial charge >= 0.3 is 0 Å². The van der Waals surface area contributed by atoms with Gasteiger partial charge in [-0.3, -0.25) is 4.90 Å². The molecule has 2 aromatic heterocycles. The Bertz CT molecular complexity index is 772. The zero-order valence-electron chi connectivity index (χ0n) is 11.4. The molecule has 0 aliphatic carbocycles. The predicted octanol–water partition coefficient (Wildman–Crippen LogP) is 4.63. The van der Waals surface area contributed by atoms with Crippen LogP contribution in [0.15, 0.2) is 35.7 Å². The molecule has 21 heavy (non-hydrogen) atoms. The van der Waals surface area contributed by atoms with Crippen molar-refractivity contribution in [2.75, 3.05) is 7.05 Å². The zero-order chi connectivity index (χ0) is 14.8. The van der Waals surface area contributed by atoms with Crippen molar-refractivity contribution in [3.63, 3.8) is 0 Å². The first-order chi connectivity index (χ1) is 10.1. The number of benzene rings is 1. The Labute approximate surface area is 137 Å². The second kappa shape index (κ2) is 6.28. The molecule has 1 aromatic carbocycles. The van der Waals surface area contributed by atoms with Crippen LogP contribution >= 0.6 is 34.5 Å². The molecular weight excluding hydrogens is 325 g/mol. The van der Waals surface area contributed by atoms with Crippen molar-refractivity contribution in [3.05, 3.63) is 57.3 Å². The Balaban J connectivity index is 1.75. The molecule has 0 unspecified atom stereocenters. The third-order valence-electron chi connectivity index (χ3n) is 3.08. The molecule has 6 heteroatoms. The third-order valence-corrected chi connectivity index (χ3v) is 4.41. The van der Waals surface area contributed by atoms with E-state index in [-0.39, 0.29) is 0 Å². The summed E-state index contributed by atoms with van der Waals surface area (Å²) in [4.78, 5) is 12.0. The lowest BCUT2D eigenvalue weighted by Crippen LogP contribution is -2.18. The fraction of sp³-hybridized carbons (Fsp3) is 0.200. The molecule has 0 bridgehead atoms. The van der Waals surface area contributed by atoms with E-state index in [1.54, 1.807) is 11.3 Å². The van der Waals surface area contributed by atoms with E-state index in [9.17, 15) is 0 Å². The minimum Gasteiger partial charge on any atom is -0.295 e. The Morgan fingerprint density at radius 1 is 1.14 bits per heavy atom. The zero-order valence-corrected chi connectivity index (χ0v) is 13.7. The van der Waals surface area contributed by atoms with E-state index in [1.165, 1.54) is 0 Å². The van der Waals surface area contributed by atoms with Gasteiger partial charge in [-0.2, -0.15) is 0 Å². The summed E-state index contributed by atoms with van der Waals surface area (Å²) in [6, 6.07) is 9.80. The van der Waals surface area contributed by atoms with Crippen LogP contribution in [0.4, 0.5) is 0 Å². The van der Waals surface area contributed by atoms with Gasteiger partial charge in [-0.1, -0.05) is 35.3 Å². The molecule has 0 saturated heterocycles. The second-order valence-electron chi connectivity index (χ2n) is 4.87. The number of nitrogens with zero attached hydrogens (tertiary/aromatic N) is 3. The molecule has 0 aliphatic heterocycles. The van der Waals surface area contributed by atoms with Gasteiger partial charge in [0.1, 0.15) is 15.8 Å². The summed E-state index contributed by atoms with van der Waals surface area (Å²) in [7, 11) is 2.02. The standard InChI is InChI=1S/C15H13Cl2N3S/c1-20(8-10-3-2-4-11(16)7-10)9-13-18-14(17)12-5-6-21-15(12)19-13/h2-7H,8-9H2,1H3. The first-order valence-electron chi connectivity index (χ1n) is 6.44. The van der Waals surface area contributed by atoms with Gasteiger partial charge in [-0.25, -0.2) is 9.97 Å². The number of thiophene rings is 1. The molecule has 0 amide bonds. The van der Waals surface area contributed by atoms with E-state index < -0.39 is 0 Å². The van der Waals surface area contributed by atoms with Crippen LogP contribution < -0.4 is 0 Å². The van der Waals surface area contributed by atoms with Crippen molar-refractivity contribution in [3.8, 4) is 0 Å². The minimum absolute atomic E-state index is 0.521. The number of rotatable bonds is 4. The predicted molar refractivity (Wildman–Crippen MR) is 89.0 cm³/mol. The lowest BCUT2D eigenvalue weighted by molar-refractivity contribution is 0.311. The maximum absolute atomic E-state index is 6.19. The van der Waals surface area contributed by atoms with Crippen LogP contribution in [0.5, 0.6) is 0 Å². The molecule has 0 spiro atoms. The van der Waals surface area contributed by atoms with Gasteiger partial charge in [0.2, 0.25) is 0 Å². The van der Waals surface area contributed by atoms with Gasteiger partial charge < -0.3 is 0 Å². The van der Waals surface area contributed by atoms with Crippen molar-refractivity contribution in [2.24, 2.45) is 0 Å². The van der Waals surface area contributed by atoms with Crippen molar-refractivity contribution in [1.82, 2.24) is 14.9 Å². The number of aromatic nitrogens is 2. The van der Waals surface area contributed by atoms with Crippen LogP contribution in [0.25, 0.3) is 10.2 Å². The van der Waals surface area contributed by atoms with Crippen LogP contribution in [0.1, 0.15) is 11.4 Å². The molecule has 108 valence electrons. The van der Waals surface area contributed by atoms with Crippen molar-refractivity contribution >= 4 is 44.8 Å². The first-order valence-corrected chi connectivity index (χ1v) is 8.08. The molecule has 3 aromatic rings. The summed E-state index contributed by atoms with van der Waals surface area (Å²) in [5.41, 5.74) is 1.16. The highest BCUT2D eigenvalue weighted by Crippen LogP contribution is 2.25. The smallest absolute Gasteiger partial charge is 0.145 e. The van der Waals surface area contributed by atoms with E-state index in [2.05, 4.69) is 20.9 Å². The Morgan fingerprint density at radius 2 is 2.00 bits per heavy atom. The maximum Gasteiger partial charge on any atom is 0.145 e. The van der Waals surface area contributed by atoms with Gasteiger partial charge in [0.25, 0.3) is 0 Å². The number of halogens is 2. The topological polar surface area (TPSA) is 29.0 Å². The number of hydrogen-bond donors (Lipinski definition) is 0. The van der Waals surface area contributed by atoms with Gasteiger partial charge in [0.05, 0.1) is 6.54 Å². The Morgan fingerprint density at radius 3 is 2.81 bits per heavy atom. The number of fused-ring (bicyclic) bond motifs is 1. The highest BCUT2D eigenvalue weighted by Gasteiger charge is 2.09. The highest BCUT2D eigenvalue weighted by atomic mass is 35.5.